The molecule has 132 valence electrons. The maximum Gasteiger partial charge on any atom is 0.251 e. The van der Waals surface area contributed by atoms with Gasteiger partial charge < -0.3 is 5.32 Å². The van der Waals surface area contributed by atoms with E-state index in [2.05, 4.69) is 23.9 Å². The lowest BCUT2D eigenvalue weighted by Crippen LogP contribution is -2.32. The van der Waals surface area contributed by atoms with Gasteiger partial charge in [0.05, 0.1) is 11.0 Å². The molecular formula is C17H25N3O3S. The van der Waals surface area contributed by atoms with Gasteiger partial charge in [-0.25, -0.2) is 13.1 Å². The first-order chi connectivity index (χ1) is 11.3. The molecule has 0 radical (unpaired) electrons. The van der Waals surface area contributed by atoms with E-state index in [0.717, 1.165) is 12.8 Å². The molecule has 0 saturated carbocycles. The van der Waals surface area contributed by atoms with Gasteiger partial charge in [-0.15, -0.1) is 0 Å². The number of rotatable bonds is 9. The zero-order chi connectivity index (χ0) is 18.2. The van der Waals surface area contributed by atoms with Crippen LogP contribution in [0.4, 0.5) is 0 Å². The van der Waals surface area contributed by atoms with E-state index in [1.165, 1.54) is 24.3 Å². The van der Waals surface area contributed by atoms with Crippen molar-refractivity contribution in [3.63, 3.8) is 0 Å². The minimum absolute atomic E-state index is 0.0639. The highest BCUT2D eigenvalue weighted by Gasteiger charge is 2.15. The van der Waals surface area contributed by atoms with Gasteiger partial charge in [0.1, 0.15) is 0 Å². The molecule has 7 heteroatoms. The molecule has 0 aliphatic heterocycles. The number of carbonyl (C=O) groups is 1. The Morgan fingerprint density at radius 1 is 1.17 bits per heavy atom. The largest absolute Gasteiger partial charge is 0.350 e. The Bertz CT molecular complexity index is 676. The van der Waals surface area contributed by atoms with Gasteiger partial charge in [0.25, 0.3) is 5.91 Å². The number of sulfonamides is 1. The monoisotopic (exact) mass is 351 g/mol. The predicted molar refractivity (Wildman–Crippen MR) is 92.9 cm³/mol. The van der Waals surface area contributed by atoms with Crippen LogP contribution in [0.25, 0.3) is 0 Å². The van der Waals surface area contributed by atoms with Crippen LogP contribution in [0.3, 0.4) is 0 Å². The van der Waals surface area contributed by atoms with E-state index in [4.69, 9.17) is 5.26 Å². The van der Waals surface area contributed by atoms with Gasteiger partial charge in [-0.05, 0) is 49.9 Å². The molecule has 1 aromatic rings. The van der Waals surface area contributed by atoms with Gasteiger partial charge in [0.2, 0.25) is 10.0 Å². The van der Waals surface area contributed by atoms with Crippen LogP contribution in [0.15, 0.2) is 29.2 Å². The zero-order valence-electron chi connectivity index (χ0n) is 14.4. The molecule has 0 aliphatic rings. The molecular weight excluding hydrogens is 326 g/mol. The molecule has 24 heavy (non-hydrogen) atoms. The Morgan fingerprint density at radius 2 is 1.79 bits per heavy atom. The maximum atomic E-state index is 12.2. The summed E-state index contributed by atoms with van der Waals surface area (Å²) in [5, 5.41) is 11.4. The van der Waals surface area contributed by atoms with Gasteiger partial charge in [0.15, 0.2) is 0 Å². The van der Waals surface area contributed by atoms with Gasteiger partial charge in [-0.3, -0.25) is 4.79 Å². The maximum absolute atomic E-state index is 12.2. The zero-order valence-corrected chi connectivity index (χ0v) is 15.2. The Morgan fingerprint density at radius 3 is 2.33 bits per heavy atom. The highest BCUT2D eigenvalue weighted by molar-refractivity contribution is 7.89. The minimum atomic E-state index is -3.65. The topological polar surface area (TPSA) is 99.1 Å². The van der Waals surface area contributed by atoms with Crippen molar-refractivity contribution in [3.05, 3.63) is 29.8 Å². The van der Waals surface area contributed by atoms with E-state index in [9.17, 15) is 13.2 Å². The number of amides is 1. The molecule has 1 rings (SSSR count). The fourth-order valence-corrected chi connectivity index (χ4v) is 3.10. The van der Waals surface area contributed by atoms with E-state index < -0.39 is 10.0 Å². The smallest absolute Gasteiger partial charge is 0.251 e. The van der Waals surface area contributed by atoms with Crippen LogP contribution in [0.2, 0.25) is 0 Å². The van der Waals surface area contributed by atoms with Crippen molar-refractivity contribution in [2.45, 2.75) is 51.0 Å². The van der Waals surface area contributed by atoms with Crippen LogP contribution in [-0.2, 0) is 10.0 Å². The number of nitrogens with one attached hydrogen (secondary N) is 2. The van der Waals surface area contributed by atoms with Crippen molar-refractivity contribution in [1.82, 2.24) is 10.0 Å². The molecule has 1 unspecified atom stereocenters. The highest BCUT2D eigenvalue weighted by Crippen LogP contribution is 2.12. The Hall–Kier alpha value is -1.91. The number of hydrogen-bond acceptors (Lipinski definition) is 4. The third-order valence-electron chi connectivity index (χ3n) is 3.51. The number of carbonyl (C=O) groups excluding carboxylic acids is 1. The molecule has 0 aliphatic carbocycles. The molecule has 0 aromatic heterocycles. The van der Waals surface area contributed by atoms with E-state index >= 15 is 0 Å². The fourth-order valence-electron chi connectivity index (χ4n) is 2.07. The first-order valence-electron chi connectivity index (χ1n) is 8.04. The molecule has 2 N–H and O–H groups in total. The Kier molecular flexibility index (Phi) is 7.89. The van der Waals surface area contributed by atoms with Crippen LogP contribution in [-0.4, -0.2) is 26.9 Å². The number of nitriles is 1. The SMILES string of the molecule is CC(C)CCC(C)NC(=O)c1ccc(S(=O)(=O)NCCC#N)cc1. The Labute approximate surface area is 144 Å². The normalized spacial score (nSPS) is 12.6. The lowest BCUT2D eigenvalue weighted by atomic mass is 10.0. The molecule has 6 nitrogen and oxygen atoms in total. The van der Waals surface area contributed by atoms with Crippen molar-refractivity contribution in [2.24, 2.45) is 5.92 Å². The van der Waals surface area contributed by atoms with Crippen molar-refractivity contribution >= 4 is 15.9 Å². The van der Waals surface area contributed by atoms with Crippen LogP contribution in [0.1, 0.15) is 50.4 Å². The molecule has 0 heterocycles. The van der Waals surface area contributed by atoms with E-state index in [0.29, 0.717) is 11.5 Å². The lowest BCUT2D eigenvalue weighted by Gasteiger charge is -2.15. The minimum Gasteiger partial charge on any atom is -0.350 e. The highest BCUT2D eigenvalue weighted by atomic mass is 32.2. The summed E-state index contributed by atoms with van der Waals surface area (Å²) in [4.78, 5) is 12.2. The summed E-state index contributed by atoms with van der Waals surface area (Å²) in [6.45, 7) is 6.30. The van der Waals surface area contributed by atoms with Crippen molar-refractivity contribution in [1.29, 1.82) is 5.26 Å². The molecule has 0 spiro atoms. The molecule has 0 bridgehead atoms. The standard InChI is InChI=1S/C17H25N3O3S/c1-13(2)5-6-14(3)20-17(21)15-7-9-16(10-8-15)24(22,23)19-12-4-11-18/h7-10,13-14,19H,4-6,12H2,1-3H3,(H,20,21). The van der Waals surface area contributed by atoms with E-state index in [-0.39, 0.29) is 29.8 Å². The van der Waals surface area contributed by atoms with E-state index in [1.807, 2.05) is 13.0 Å². The first-order valence-corrected chi connectivity index (χ1v) is 9.52. The number of hydrogen-bond donors (Lipinski definition) is 2. The van der Waals surface area contributed by atoms with E-state index in [1.54, 1.807) is 0 Å². The molecule has 0 fully saturated rings. The summed E-state index contributed by atoms with van der Waals surface area (Å²) in [7, 11) is -3.65. The second kappa shape index (κ2) is 9.40. The van der Waals surface area contributed by atoms with Crippen LogP contribution >= 0.6 is 0 Å². The van der Waals surface area contributed by atoms with Gasteiger partial charge >= 0.3 is 0 Å². The summed E-state index contributed by atoms with van der Waals surface area (Å²) < 4.78 is 26.3. The summed E-state index contributed by atoms with van der Waals surface area (Å²) in [5.41, 5.74) is 0.419. The third kappa shape index (κ3) is 6.69. The number of benzene rings is 1. The number of nitrogens with zero attached hydrogens (tertiary/aromatic N) is 1. The predicted octanol–water partition coefficient (Wildman–Crippen LogP) is 2.43. The van der Waals surface area contributed by atoms with Crippen LogP contribution in [0.5, 0.6) is 0 Å². The average Bonchev–Trinajstić information content (AvgIpc) is 2.53. The lowest BCUT2D eigenvalue weighted by molar-refractivity contribution is 0.0937. The van der Waals surface area contributed by atoms with Crippen molar-refractivity contribution < 1.29 is 13.2 Å². The molecule has 1 aromatic carbocycles. The summed E-state index contributed by atoms with van der Waals surface area (Å²) >= 11 is 0. The Balaban J connectivity index is 2.66. The van der Waals surface area contributed by atoms with Crippen molar-refractivity contribution in [2.75, 3.05) is 6.54 Å². The van der Waals surface area contributed by atoms with Gasteiger partial charge in [-0.2, -0.15) is 5.26 Å². The van der Waals surface area contributed by atoms with Crippen LogP contribution in [0, 0.1) is 17.2 Å². The first kappa shape index (κ1) is 20.1. The molecule has 1 amide bonds. The third-order valence-corrected chi connectivity index (χ3v) is 4.99. The van der Waals surface area contributed by atoms with Gasteiger partial charge in [0, 0.05) is 24.6 Å². The van der Waals surface area contributed by atoms with Crippen molar-refractivity contribution in [3.8, 4) is 6.07 Å². The second-order valence-electron chi connectivity index (χ2n) is 6.18. The molecule has 0 saturated heterocycles. The second-order valence-corrected chi connectivity index (χ2v) is 7.94. The molecule has 1 atom stereocenters. The summed E-state index contributed by atoms with van der Waals surface area (Å²) in [5.74, 6) is 0.370. The summed E-state index contributed by atoms with van der Waals surface area (Å²) in [6.07, 6.45) is 2.04. The van der Waals surface area contributed by atoms with Gasteiger partial charge in [-0.1, -0.05) is 13.8 Å². The fraction of sp³-hybridized carbons (Fsp3) is 0.529. The van der Waals surface area contributed by atoms with Crippen LogP contribution < -0.4 is 10.0 Å². The quantitative estimate of drug-likeness (QED) is 0.667. The average molecular weight is 351 g/mol. The summed E-state index contributed by atoms with van der Waals surface area (Å²) in [6, 6.07) is 7.70.